The van der Waals surface area contributed by atoms with Crippen LogP contribution in [0.1, 0.15) is 52.9 Å². The molecule has 0 saturated carbocycles. The summed E-state index contributed by atoms with van der Waals surface area (Å²) in [5.41, 5.74) is 0. The molecule has 20 heavy (non-hydrogen) atoms. The molecule has 1 rings (SSSR count). The number of hydrogen-bond acceptors (Lipinski definition) is 2. The van der Waals surface area contributed by atoms with Gasteiger partial charge in [-0.25, -0.2) is 0 Å². The number of carboxylic acid groups (broad SMARTS) is 1. The molecular formula is C16H27NO3. The third-order valence-corrected chi connectivity index (χ3v) is 4.23. The number of carbonyl (C=O) groups excluding carboxylic acids is 1. The van der Waals surface area contributed by atoms with Gasteiger partial charge in [-0.05, 0) is 32.6 Å². The van der Waals surface area contributed by atoms with Crippen LogP contribution in [0.4, 0.5) is 0 Å². The van der Waals surface area contributed by atoms with E-state index >= 15 is 0 Å². The number of amides is 1. The number of rotatable bonds is 7. The summed E-state index contributed by atoms with van der Waals surface area (Å²) in [5, 5.41) is 9.31. The summed E-state index contributed by atoms with van der Waals surface area (Å²) in [6.45, 7) is 6.94. The van der Waals surface area contributed by atoms with Crippen molar-refractivity contribution in [1.29, 1.82) is 0 Å². The zero-order valence-electron chi connectivity index (χ0n) is 12.8. The first-order chi connectivity index (χ1) is 9.52. The summed E-state index contributed by atoms with van der Waals surface area (Å²) in [5.74, 6) is -1.80. The second kappa shape index (κ2) is 8.08. The third kappa shape index (κ3) is 4.09. The van der Waals surface area contributed by atoms with Gasteiger partial charge in [0.05, 0.1) is 11.8 Å². The number of carboxylic acids is 1. The van der Waals surface area contributed by atoms with Gasteiger partial charge in [-0.2, -0.15) is 0 Å². The molecule has 1 aliphatic rings. The summed E-state index contributed by atoms with van der Waals surface area (Å²) < 4.78 is 0. The number of hydrogen-bond donors (Lipinski definition) is 1. The molecular weight excluding hydrogens is 254 g/mol. The monoisotopic (exact) mass is 281 g/mol. The fraction of sp³-hybridized carbons (Fsp3) is 0.750. The fourth-order valence-electron chi connectivity index (χ4n) is 2.67. The first-order valence-electron chi connectivity index (χ1n) is 7.71. The van der Waals surface area contributed by atoms with Crippen molar-refractivity contribution in [3.63, 3.8) is 0 Å². The number of nitrogens with zero attached hydrogens (tertiary/aromatic N) is 1. The Balaban J connectivity index is 2.85. The van der Waals surface area contributed by atoms with Gasteiger partial charge in [0, 0.05) is 12.6 Å². The molecule has 1 unspecified atom stereocenters. The highest BCUT2D eigenvalue weighted by Gasteiger charge is 2.37. The Morgan fingerprint density at radius 1 is 1.25 bits per heavy atom. The Labute approximate surface area is 121 Å². The minimum absolute atomic E-state index is 0.0181. The maximum absolute atomic E-state index is 12.7. The zero-order valence-corrected chi connectivity index (χ0v) is 12.8. The van der Waals surface area contributed by atoms with Crippen molar-refractivity contribution in [2.75, 3.05) is 6.54 Å². The van der Waals surface area contributed by atoms with Crippen molar-refractivity contribution in [1.82, 2.24) is 4.90 Å². The van der Waals surface area contributed by atoms with E-state index in [1.54, 1.807) is 0 Å². The van der Waals surface area contributed by atoms with Gasteiger partial charge in [-0.3, -0.25) is 9.59 Å². The Morgan fingerprint density at radius 3 is 2.35 bits per heavy atom. The van der Waals surface area contributed by atoms with Gasteiger partial charge in [-0.1, -0.05) is 32.4 Å². The van der Waals surface area contributed by atoms with E-state index in [-0.39, 0.29) is 11.9 Å². The van der Waals surface area contributed by atoms with Crippen molar-refractivity contribution >= 4 is 11.9 Å². The van der Waals surface area contributed by atoms with Gasteiger partial charge in [0.15, 0.2) is 0 Å². The normalized spacial score (nSPS) is 23.4. The zero-order chi connectivity index (χ0) is 15.1. The molecule has 0 aromatic rings. The molecule has 4 heteroatoms. The summed E-state index contributed by atoms with van der Waals surface area (Å²) in [4.78, 5) is 26.0. The predicted octanol–water partition coefficient (Wildman–Crippen LogP) is 3.08. The van der Waals surface area contributed by atoms with Gasteiger partial charge >= 0.3 is 5.97 Å². The Kier molecular flexibility index (Phi) is 6.76. The maximum atomic E-state index is 12.7. The van der Waals surface area contributed by atoms with Crippen LogP contribution in [-0.4, -0.2) is 34.5 Å². The second-order valence-corrected chi connectivity index (χ2v) is 5.64. The van der Waals surface area contributed by atoms with Crippen molar-refractivity contribution in [3.05, 3.63) is 12.2 Å². The first-order valence-corrected chi connectivity index (χ1v) is 7.71. The fourth-order valence-corrected chi connectivity index (χ4v) is 2.67. The van der Waals surface area contributed by atoms with Crippen LogP contribution in [0.15, 0.2) is 12.2 Å². The van der Waals surface area contributed by atoms with Crippen LogP contribution in [-0.2, 0) is 9.59 Å². The highest BCUT2D eigenvalue weighted by Crippen LogP contribution is 2.28. The van der Waals surface area contributed by atoms with E-state index in [0.717, 1.165) is 25.8 Å². The number of aliphatic carboxylic acids is 1. The Bertz CT molecular complexity index is 365. The molecule has 114 valence electrons. The average Bonchev–Trinajstić information content (AvgIpc) is 2.46. The van der Waals surface area contributed by atoms with Crippen LogP contribution in [0, 0.1) is 11.8 Å². The smallest absolute Gasteiger partial charge is 0.307 e. The van der Waals surface area contributed by atoms with E-state index in [4.69, 9.17) is 0 Å². The molecule has 0 aromatic heterocycles. The van der Waals surface area contributed by atoms with Crippen LogP contribution in [0.25, 0.3) is 0 Å². The van der Waals surface area contributed by atoms with E-state index in [1.165, 1.54) is 0 Å². The van der Waals surface area contributed by atoms with Crippen molar-refractivity contribution in [2.24, 2.45) is 11.8 Å². The molecule has 0 radical (unpaired) electrons. The minimum Gasteiger partial charge on any atom is -0.481 e. The lowest BCUT2D eigenvalue weighted by Crippen LogP contribution is -2.46. The molecule has 0 spiro atoms. The summed E-state index contributed by atoms with van der Waals surface area (Å²) in [6, 6.07) is 0.175. The van der Waals surface area contributed by atoms with E-state index in [1.807, 2.05) is 24.0 Å². The van der Waals surface area contributed by atoms with Gasteiger partial charge in [0.25, 0.3) is 0 Å². The number of allylic oxidation sites excluding steroid dienone is 2. The predicted molar refractivity (Wildman–Crippen MR) is 79.4 cm³/mol. The molecule has 3 atom stereocenters. The molecule has 1 amide bonds. The molecule has 4 nitrogen and oxygen atoms in total. The Hall–Kier alpha value is -1.32. The molecule has 0 bridgehead atoms. The van der Waals surface area contributed by atoms with Gasteiger partial charge in [-0.15, -0.1) is 0 Å². The van der Waals surface area contributed by atoms with Gasteiger partial charge in [0.2, 0.25) is 5.91 Å². The minimum atomic E-state index is -0.854. The van der Waals surface area contributed by atoms with Crippen molar-refractivity contribution in [3.8, 4) is 0 Å². The summed E-state index contributed by atoms with van der Waals surface area (Å²) in [6.07, 6.45) is 7.74. The summed E-state index contributed by atoms with van der Waals surface area (Å²) in [7, 11) is 0. The third-order valence-electron chi connectivity index (χ3n) is 4.23. The lowest BCUT2D eigenvalue weighted by molar-refractivity contribution is -0.151. The Morgan fingerprint density at radius 2 is 1.85 bits per heavy atom. The molecule has 1 aliphatic carbocycles. The standard InChI is InChI=1S/C16H27NO3/c1-4-6-11-17(12(3)5-2)15(18)13-9-7-8-10-14(13)16(19)20/h7-8,12-14H,4-6,9-11H2,1-3H3,(H,19,20)/t12?,13-,14+/m1/s1. The lowest BCUT2D eigenvalue weighted by atomic mass is 9.81. The van der Waals surface area contributed by atoms with Crippen LogP contribution in [0.3, 0.4) is 0 Å². The van der Waals surface area contributed by atoms with E-state index < -0.39 is 17.8 Å². The van der Waals surface area contributed by atoms with Crippen molar-refractivity contribution in [2.45, 2.75) is 58.9 Å². The first kappa shape index (κ1) is 16.7. The SMILES string of the molecule is CCCCN(C(=O)[C@@H]1CC=CC[C@@H]1C(=O)O)C(C)CC. The average molecular weight is 281 g/mol. The number of carbonyl (C=O) groups is 2. The molecule has 0 aromatic carbocycles. The van der Waals surface area contributed by atoms with Gasteiger partial charge < -0.3 is 10.0 Å². The molecule has 0 heterocycles. The van der Waals surface area contributed by atoms with E-state index in [9.17, 15) is 14.7 Å². The van der Waals surface area contributed by atoms with Crippen LogP contribution >= 0.6 is 0 Å². The summed E-state index contributed by atoms with van der Waals surface area (Å²) >= 11 is 0. The maximum Gasteiger partial charge on any atom is 0.307 e. The molecule has 0 fully saturated rings. The molecule has 0 aliphatic heterocycles. The van der Waals surface area contributed by atoms with Crippen LogP contribution < -0.4 is 0 Å². The molecule has 0 saturated heterocycles. The number of unbranched alkanes of at least 4 members (excludes halogenated alkanes) is 1. The topological polar surface area (TPSA) is 57.6 Å². The van der Waals surface area contributed by atoms with Crippen LogP contribution in [0.2, 0.25) is 0 Å². The highest BCUT2D eigenvalue weighted by molar-refractivity contribution is 5.85. The van der Waals surface area contributed by atoms with Crippen molar-refractivity contribution < 1.29 is 14.7 Å². The van der Waals surface area contributed by atoms with Crippen LogP contribution in [0.5, 0.6) is 0 Å². The molecule has 1 N–H and O–H groups in total. The highest BCUT2D eigenvalue weighted by atomic mass is 16.4. The van der Waals surface area contributed by atoms with E-state index in [0.29, 0.717) is 12.8 Å². The second-order valence-electron chi connectivity index (χ2n) is 5.64. The van der Waals surface area contributed by atoms with Gasteiger partial charge in [0.1, 0.15) is 0 Å². The van der Waals surface area contributed by atoms with E-state index in [2.05, 4.69) is 13.8 Å². The lowest BCUT2D eigenvalue weighted by Gasteiger charge is -2.34. The largest absolute Gasteiger partial charge is 0.481 e. The quantitative estimate of drug-likeness (QED) is 0.730.